The van der Waals surface area contributed by atoms with Crippen molar-refractivity contribution in [1.29, 1.82) is 0 Å². The van der Waals surface area contributed by atoms with Crippen LogP contribution in [0, 0.1) is 0 Å². The fourth-order valence-electron chi connectivity index (χ4n) is 2.37. The maximum atomic E-state index is 12.3. The third-order valence-corrected chi connectivity index (χ3v) is 4.23. The number of carbonyl (C=O) groups excluding carboxylic acids is 1. The number of hydrogen-bond acceptors (Lipinski definition) is 1. The molecular weight excluding hydrogens is 288 g/mol. The Hall–Kier alpha value is -0.890. The summed E-state index contributed by atoms with van der Waals surface area (Å²) in [5.74, 6) is 0.295. The summed E-state index contributed by atoms with van der Waals surface area (Å²) in [5, 5.41) is 0. The normalized spacial score (nSPS) is 19.5. The minimum Gasteiger partial charge on any atom is -0.294 e. The Balaban J connectivity index is 2.04. The average molecular weight is 307 g/mol. The average Bonchev–Trinajstić information content (AvgIpc) is 2.31. The number of rotatable bonds is 3. The Morgan fingerprint density at radius 3 is 2.72 bits per heavy atom. The van der Waals surface area contributed by atoms with E-state index in [0.29, 0.717) is 12.2 Å². The number of halogens is 1. The lowest BCUT2D eigenvalue weighted by Crippen LogP contribution is -2.08. The number of hydrogen-bond donors (Lipinski definition) is 0. The van der Waals surface area contributed by atoms with E-state index in [4.69, 9.17) is 0 Å². The first kappa shape index (κ1) is 13.5. The van der Waals surface area contributed by atoms with Gasteiger partial charge in [-0.05, 0) is 42.9 Å². The van der Waals surface area contributed by atoms with Crippen LogP contribution in [0.3, 0.4) is 0 Å². The van der Waals surface area contributed by atoms with Crippen molar-refractivity contribution in [3.05, 3.63) is 46.0 Å². The van der Waals surface area contributed by atoms with Crippen LogP contribution in [0.2, 0.25) is 0 Å². The summed E-state index contributed by atoms with van der Waals surface area (Å²) < 4.78 is 1.03. The lowest BCUT2D eigenvalue weighted by Gasteiger charge is -2.11. The molecule has 96 valence electrons. The Morgan fingerprint density at radius 1 is 1.11 bits per heavy atom. The van der Waals surface area contributed by atoms with Gasteiger partial charge in [-0.2, -0.15) is 0 Å². The van der Waals surface area contributed by atoms with E-state index in [2.05, 4.69) is 22.0 Å². The molecule has 0 spiro atoms. The monoisotopic (exact) mass is 306 g/mol. The van der Waals surface area contributed by atoms with Crippen LogP contribution in [-0.4, -0.2) is 5.78 Å². The van der Waals surface area contributed by atoms with Gasteiger partial charge in [0, 0.05) is 10.9 Å². The van der Waals surface area contributed by atoms with Crippen molar-refractivity contribution >= 4 is 21.7 Å². The van der Waals surface area contributed by atoms with E-state index < -0.39 is 0 Å². The molecule has 0 fully saturated rings. The molecule has 0 saturated carbocycles. The summed E-state index contributed by atoms with van der Waals surface area (Å²) in [7, 11) is 0. The highest BCUT2D eigenvalue weighted by Crippen LogP contribution is 2.22. The fourth-order valence-corrected chi connectivity index (χ4v) is 2.80. The molecule has 1 aliphatic rings. The van der Waals surface area contributed by atoms with E-state index in [1.807, 2.05) is 24.3 Å². The predicted molar refractivity (Wildman–Crippen MR) is 78.6 cm³/mol. The minimum atomic E-state index is 0.295. The number of ketones is 1. The summed E-state index contributed by atoms with van der Waals surface area (Å²) in [6.07, 6.45) is 9.67. The first-order chi connectivity index (χ1) is 8.77. The number of carbonyl (C=O) groups is 1. The maximum absolute atomic E-state index is 12.3. The van der Waals surface area contributed by atoms with Gasteiger partial charge in [-0.25, -0.2) is 0 Å². The number of Topliss-reactive ketones (excluding diaryl/α,β-unsaturated/α-hetero) is 1. The molecule has 0 atom stereocenters. The summed E-state index contributed by atoms with van der Waals surface area (Å²) in [5.41, 5.74) is 2.14. The largest absolute Gasteiger partial charge is 0.294 e. The van der Waals surface area contributed by atoms with Gasteiger partial charge in [0.25, 0.3) is 0 Å². The van der Waals surface area contributed by atoms with Crippen molar-refractivity contribution in [3.8, 4) is 0 Å². The SMILES string of the molecule is O=C(Cc1ccccc1Br)/C1=C/CCCCCC1. The summed E-state index contributed by atoms with van der Waals surface area (Å²) in [6, 6.07) is 7.98. The molecule has 1 aliphatic carbocycles. The van der Waals surface area contributed by atoms with Crippen LogP contribution in [0.4, 0.5) is 0 Å². The quantitative estimate of drug-likeness (QED) is 0.781. The summed E-state index contributed by atoms with van der Waals surface area (Å²) in [6.45, 7) is 0. The zero-order valence-electron chi connectivity index (χ0n) is 10.6. The third kappa shape index (κ3) is 3.81. The van der Waals surface area contributed by atoms with E-state index in [1.54, 1.807) is 0 Å². The molecule has 0 aliphatic heterocycles. The molecule has 2 heteroatoms. The van der Waals surface area contributed by atoms with Crippen molar-refractivity contribution in [2.75, 3.05) is 0 Å². The second kappa shape index (κ2) is 6.89. The number of benzene rings is 1. The summed E-state index contributed by atoms with van der Waals surface area (Å²) >= 11 is 3.51. The highest BCUT2D eigenvalue weighted by atomic mass is 79.9. The topological polar surface area (TPSA) is 17.1 Å². The smallest absolute Gasteiger partial charge is 0.162 e. The first-order valence-corrected chi connectivity index (χ1v) is 7.52. The molecule has 1 aromatic rings. The fraction of sp³-hybridized carbons (Fsp3) is 0.438. The molecule has 0 radical (unpaired) electrons. The standard InChI is InChI=1S/C16H19BrO/c17-15-11-7-6-10-14(15)12-16(18)13-8-4-2-1-3-5-9-13/h6-8,10-11H,1-5,9,12H2/b13-8+. The van der Waals surface area contributed by atoms with Crippen LogP contribution in [0.5, 0.6) is 0 Å². The van der Waals surface area contributed by atoms with Crippen LogP contribution < -0.4 is 0 Å². The lowest BCUT2D eigenvalue weighted by molar-refractivity contribution is -0.115. The Bertz CT molecular complexity index is 448. The molecule has 0 N–H and O–H groups in total. The molecule has 0 aromatic heterocycles. The van der Waals surface area contributed by atoms with Crippen LogP contribution in [0.1, 0.15) is 44.1 Å². The maximum Gasteiger partial charge on any atom is 0.162 e. The van der Waals surface area contributed by atoms with E-state index in [-0.39, 0.29) is 0 Å². The van der Waals surface area contributed by atoms with Gasteiger partial charge in [0.05, 0.1) is 0 Å². The molecule has 0 heterocycles. The van der Waals surface area contributed by atoms with Gasteiger partial charge in [0.15, 0.2) is 5.78 Å². The zero-order valence-corrected chi connectivity index (χ0v) is 12.2. The van der Waals surface area contributed by atoms with Crippen LogP contribution >= 0.6 is 15.9 Å². The van der Waals surface area contributed by atoms with Crippen molar-refractivity contribution in [2.24, 2.45) is 0 Å². The van der Waals surface area contributed by atoms with Gasteiger partial charge in [0.2, 0.25) is 0 Å². The molecule has 2 rings (SSSR count). The molecule has 1 aromatic carbocycles. The lowest BCUT2D eigenvalue weighted by atomic mass is 9.94. The van der Waals surface area contributed by atoms with Crippen molar-refractivity contribution in [1.82, 2.24) is 0 Å². The van der Waals surface area contributed by atoms with Gasteiger partial charge in [-0.3, -0.25) is 4.79 Å². The second-order valence-electron chi connectivity index (χ2n) is 4.87. The van der Waals surface area contributed by atoms with Crippen LogP contribution in [0.25, 0.3) is 0 Å². The van der Waals surface area contributed by atoms with Crippen molar-refractivity contribution < 1.29 is 4.79 Å². The Kier molecular flexibility index (Phi) is 5.18. The highest BCUT2D eigenvalue weighted by molar-refractivity contribution is 9.10. The van der Waals surface area contributed by atoms with Crippen molar-refractivity contribution in [3.63, 3.8) is 0 Å². The molecular formula is C16H19BrO. The van der Waals surface area contributed by atoms with Crippen molar-refractivity contribution in [2.45, 2.75) is 44.9 Å². The Morgan fingerprint density at radius 2 is 1.89 bits per heavy atom. The van der Waals surface area contributed by atoms with E-state index >= 15 is 0 Å². The second-order valence-corrected chi connectivity index (χ2v) is 5.73. The van der Waals surface area contributed by atoms with Crippen LogP contribution in [-0.2, 0) is 11.2 Å². The Labute approximate surface area is 117 Å². The van der Waals surface area contributed by atoms with E-state index in [9.17, 15) is 4.79 Å². The summed E-state index contributed by atoms with van der Waals surface area (Å²) in [4.78, 5) is 12.3. The van der Waals surface area contributed by atoms with Gasteiger partial charge in [0.1, 0.15) is 0 Å². The third-order valence-electron chi connectivity index (χ3n) is 3.46. The molecule has 1 nitrogen and oxygen atoms in total. The van der Waals surface area contributed by atoms with Crippen LogP contribution in [0.15, 0.2) is 40.4 Å². The molecule has 18 heavy (non-hydrogen) atoms. The van der Waals surface area contributed by atoms with Gasteiger partial charge in [-0.1, -0.05) is 53.0 Å². The molecule has 0 unspecified atom stereocenters. The molecule has 0 bridgehead atoms. The van der Waals surface area contributed by atoms with Gasteiger partial charge < -0.3 is 0 Å². The van der Waals surface area contributed by atoms with Gasteiger partial charge >= 0.3 is 0 Å². The minimum absolute atomic E-state index is 0.295. The zero-order chi connectivity index (χ0) is 12.8. The predicted octanol–water partition coefficient (Wildman–Crippen LogP) is 4.84. The molecule has 0 saturated heterocycles. The first-order valence-electron chi connectivity index (χ1n) is 6.73. The molecule has 0 amide bonds. The van der Waals surface area contributed by atoms with Gasteiger partial charge in [-0.15, -0.1) is 0 Å². The number of allylic oxidation sites excluding steroid dienone is 2. The van der Waals surface area contributed by atoms with E-state index in [1.165, 1.54) is 19.3 Å². The highest BCUT2D eigenvalue weighted by Gasteiger charge is 2.12. The van der Waals surface area contributed by atoms with E-state index in [0.717, 1.165) is 34.9 Å².